The van der Waals surface area contributed by atoms with Crippen molar-refractivity contribution in [2.24, 2.45) is 0 Å². The zero-order valence-corrected chi connectivity index (χ0v) is 36.2. The van der Waals surface area contributed by atoms with E-state index in [1.165, 1.54) is 102 Å². The van der Waals surface area contributed by atoms with Crippen LogP contribution in [0.3, 0.4) is 0 Å². The Labute approximate surface area is 332 Å². The maximum Gasteiger partial charge on any atom is 0.143 e. The molecular formula is C46H81N5O3. The lowest BCUT2D eigenvalue weighted by Crippen LogP contribution is -2.39. The third kappa shape index (κ3) is 25.6. The van der Waals surface area contributed by atoms with Crippen LogP contribution in [-0.2, 0) is 16.0 Å². The molecule has 0 spiro atoms. The Hall–Kier alpha value is -3.38. The first-order valence-electron chi connectivity index (χ1n) is 20.9. The molecule has 4 rings (SSSR count). The van der Waals surface area contributed by atoms with E-state index in [1.807, 2.05) is 27.7 Å². The van der Waals surface area contributed by atoms with Gasteiger partial charge in [-0.2, -0.15) is 0 Å². The van der Waals surface area contributed by atoms with Gasteiger partial charge in [-0.3, -0.25) is 9.69 Å². The minimum absolute atomic E-state index is 0.0537. The van der Waals surface area contributed by atoms with Crippen molar-refractivity contribution < 1.29 is 14.7 Å². The number of hydrogen-bond donors (Lipinski definition) is 4. The summed E-state index contributed by atoms with van der Waals surface area (Å²) in [5.41, 5.74) is 9.96. The molecule has 0 aromatic heterocycles. The molecule has 1 saturated heterocycles. The van der Waals surface area contributed by atoms with Gasteiger partial charge in [0.05, 0.1) is 17.8 Å². The molecule has 1 aliphatic heterocycles. The Bertz CT molecular complexity index is 1250. The van der Waals surface area contributed by atoms with E-state index in [4.69, 9.17) is 12.2 Å². The van der Waals surface area contributed by atoms with Gasteiger partial charge in [0.15, 0.2) is 0 Å². The van der Waals surface area contributed by atoms with E-state index in [1.54, 1.807) is 26.1 Å². The Balaban J connectivity index is 0. The van der Waals surface area contributed by atoms with Crippen LogP contribution in [0.5, 0.6) is 5.75 Å². The summed E-state index contributed by atoms with van der Waals surface area (Å²) in [6, 6.07) is 13.6. The van der Waals surface area contributed by atoms with Crippen molar-refractivity contribution in [2.75, 3.05) is 57.9 Å². The highest BCUT2D eigenvalue weighted by molar-refractivity contribution is 5.77. The van der Waals surface area contributed by atoms with Crippen molar-refractivity contribution in [1.29, 1.82) is 0 Å². The standard InChI is InChI=1S/C15H25N.C12H24N2.C9H9NO.C4H9NO.C4H8O.C2H6/c1-4-9-14(10-5-2)16-15-12-8-7-11-13(15)6-3;1-13-8-5-9-14(11-10-13)12-6-3-2-4-7-12;1-3-7-4-6(2)5-8(11)9(7)10;1-4(6)3-5-2;1-2-3-4-5;1-2/h7-8,11-12,14,16H,4-6,9-10H2,1-3H3;12H,2-11H2,1H3;1,4-5,11H,10H2,2H3;5H,3H2,1-2H3;4H,2-3H2,1H3;1-2H3. The highest BCUT2D eigenvalue weighted by Gasteiger charge is 2.22. The van der Waals surface area contributed by atoms with Crippen molar-refractivity contribution in [2.45, 2.75) is 151 Å². The highest BCUT2D eigenvalue weighted by atomic mass is 16.3. The zero-order valence-electron chi connectivity index (χ0n) is 36.2. The predicted octanol–water partition coefficient (Wildman–Crippen LogP) is 9.66. The third-order valence-corrected chi connectivity index (χ3v) is 9.17. The second-order valence-corrected chi connectivity index (χ2v) is 14.0. The topological polar surface area (TPSA) is 111 Å². The number of phenolic OH excluding ortho intramolecular Hbond substituents is 1. The van der Waals surface area contributed by atoms with E-state index < -0.39 is 0 Å². The first-order chi connectivity index (χ1) is 26.0. The second kappa shape index (κ2) is 35.3. The molecule has 2 fully saturated rings. The molecule has 5 N–H and O–H groups in total. The molecule has 1 aliphatic carbocycles. The number of ketones is 1. The number of rotatable bonds is 12. The van der Waals surface area contributed by atoms with E-state index >= 15 is 0 Å². The van der Waals surface area contributed by atoms with Gasteiger partial charge >= 0.3 is 0 Å². The number of carbonyl (C=O) groups excluding carboxylic acids is 2. The van der Waals surface area contributed by atoms with Gasteiger partial charge in [0, 0.05) is 37.3 Å². The van der Waals surface area contributed by atoms with Crippen LogP contribution in [0, 0.1) is 19.3 Å². The summed E-state index contributed by atoms with van der Waals surface area (Å²) in [5.74, 6) is 2.62. The maximum absolute atomic E-state index is 9.98. The van der Waals surface area contributed by atoms with Gasteiger partial charge in [-0.25, -0.2) is 0 Å². The molecule has 0 bridgehead atoms. The van der Waals surface area contributed by atoms with Gasteiger partial charge in [0.1, 0.15) is 17.8 Å². The summed E-state index contributed by atoms with van der Waals surface area (Å²) in [5, 5.41) is 15.6. The van der Waals surface area contributed by atoms with Crippen LogP contribution in [0.2, 0.25) is 0 Å². The van der Waals surface area contributed by atoms with Crippen LogP contribution in [0.15, 0.2) is 36.4 Å². The number of terminal acetylenes is 1. The molecule has 2 aromatic carbocycles. The van der Waals surface area contributed by atoms with Gasteiger partial charge in [-0.15, -0.1) is 6.42 Å². The largest absolute Gasteiger partial charge is 0.506 e. The fourth-order valence-corrected chi connectivity index (χ4v) is 6.32. The molecule has 8 heteroatoms. The third-order valence-electron chi connectivity index (χ3n) is 9.17. The van der Waals surface area contributed by atoms with Gasteiger partial charge in [0.25, 0.3) is 0 Å². The van der Waals surface area contributed by atoms with Crippen molar-refractivity contribution >= 4 is 23.4 Å². The molecule has 308 valence electrons. The lowest BCUT2D eigenvalue weighted by atomic mass is 9.94. The number of aryl methyl sites for hydroxylation is 2. The quantitative estimate of drug-likeness (QED) is 0.0735. The molecule has 1 saturated carbocycles. The number of aromatic hydroxyl groups is 1. The van der Waals surface area contributed by atoms with Gasteiger partial charge in [-0.05, 0) is 115 Å². The van der Waals surface area contributed by atoms with Crippen LogP contribution >= 0.6 is 0 Å². The molecule has 1 heterocycles. The van der Waals surface area contributed by atoms with Crippen molar-refractivity contribution in [3.63, 3.8) is 0 Å². The minimum Gasteiger partial charge on any atom is -0.506 e. The monoisotopic (exact) mass is 752 g/mol. The van der Waals surface area contributed by atoms with Crippen LogP contribution in [0.25, 0.3) is 0 Å². The summed E-state index contributed by atoms with van der Waals surface area (Å²) in [4.78, 5) is 24.6. The average molecular weight is 752 g/mol. The Morgan fingerprint density at radius 1 is 0.981 bits per heavy atom. The molecule has 2 aliphatic rings. The smallest absolute Gasteiger partial charge is 0.143 e. The molecule has 2 aromatic rings. The van der Waals surface area contributed by atoms with E-state index in [0.717, 1.165) is 30.7 Å². The molecule has 8 nitrogen and oxygen atoms in total. The molecule has 0 unspecified atom stereocenters. The maximum atomic E-state index is 9.98. The fourth-order valence-electron chi connectivity index (χ4n) is 6.32. The minimum atomic E-state index is 0.0537. The normalized spacial score (nSPS) is 14.3. The van der Waals surface area contributed by atoms with E-state index in [2.05, 4.69) is 78.4 Å². The SMILES string of the molecule is C#Cc1cc(C)cc(O)c1N.CC.CCCC(CCC)Nc1ccccc1CC.CCCC=O.CN1CCCN(C2CCCCC2)CC1.CNCC(C)=O. The van der Waals surface area contributed by atoms with Crippen LogP contribution in [-0.4, -0.2) is 85.9 Å². The molecule has 54 heavy (non-hydrogen) atoms. The van der Waals surface area contributed by atoms with Crippen LogP contribution < -0.4 is 16.4 Å². The number of Topliss-reactive ketones (excluding diaryl/α,β-unsaturated/α-hetero) is 1. The number of likely N-dealkylation sites (N-methyl/N-ethyl adjacent to an activating group) is 2. The number of unbranched alkanes of at least 4 members (excludes halogenated alkanes) is 1. The van der Waals surface area contributed by atoms with E-state index in [9.17, 15) is 14.7 Å². The number of aldehydes is 1. The summed E-state index contributed by atoms with van der Waals surface area (Å²) < 4.78 is 0. The van der Waals surface area contributed by atoms with Crippen molar-refractivity contribution in [1.82, 2.24) is 15.1 Å². The number of benzene rings is 2. The van der Waals surface area contributed by atoms with Crippen LogP contribution in [0.4, 0.5) is 11.4 Å². The van der Waals surface area contributed by atoms with Crippen molar-refractivity contribution in [3.8, 4) is 18.1 Å². The highest BCUT2D eigenvalue weighted by Crippen LogP contribution is 2.25. The summed E-state index contributed by atoms with van der Waals surface area (Å²) in [6.45, 7) is 21.8. The summed E-state index contributed by atoms with van der Waals surface area (Å²) in [6.07, 6.45) is 22.6. The number of nitrogens with two attached hydrogens (primary N) is 1. The molecular weight excluding hydrogens is 671 g/mol. The number of nitrogens with zero attached hydrogens (tertiary/aromatic N) is 2. The number of para-hydroxylation sites is 1. The number of phenols is 1. The summed E-state index contributed by atoms with van der Waals surface area (Å²) in [7, 11) is 4.01. The number of hydrogen-bond acceptors (Lipinski definition) is 8. The van der Waals surface area contributed by atoms with Gasteiger partial charge in [0.2, 0.25) is 0 Å². The van der Waals surface area contributed by atoms with Gasteiger partial charge < -0.3 is 31.2 Å². The van der Waals surface area contributed by atoms with Crippen molar-refractivity contribution in [3.05, 3.63) is 53.1 Å². The molecule has 0 amide bonds. The number of carbonyl (C=O) groups is 2. The number of nitrogens with one attached hydrogen (secondary N) is 2. The molecule has 0 atom stereocenters. The zero-order chi connectivity index (χ0) is 41.1. The van der Waals surface area contributed by atoms with Gasteiger partial charge in [-0.1, -0.05) is 97.8 Å². The Kier molecular flexibility index (Phi) is 34.5. The number of nitrogen functional groups attached to an aromatic ring is 1. The fraction of sp³-hybridized carbons (Fsp3) is 0.652. The number of anilines is 2. The lowest BCUT2D eigenvalue weighted by molar-refractivity contribution is -0.116. The lowest BCUT2D eigenvalue weighted by Gasteiger charge is -2.33. The predicted molar refractivity (Wildman–Crippen MR) is 236 cm³/mol. The Morgan fingerprint density at radius 3 is 2.09 bits per heavy atom. The average Bonchev–Trinajstić information content (AvgIpc) is 3.40. The van der Waals surface area contributed by atoms with E-state index in [0.29, 0.717) is 24.6 Å². The Morgan fingerprint density at radius 2 is 1.61 bits per heavy atom. The summed E-state index contributed by atoms with van der Waals surface area (Å²) >= 11 is 0. The first kappa shape index (κ1) is 52.7. The van der Waals surface area contributed by atoms with Crippen LogP contribution in [0.1, 0.15) is 142 Å². The second-order valence-electron chi connectivity index (χ2n) is 14.0. The van der Waals surface area contributed by atoms with E-state index in [-0.39, 0.29) is 17.2 Å². The molecule has 0 radical (unpaired) electrons. The first-order valence-corrected chi connectivity index (χ1v) is 20.9.